The average molecular weight is 426 g/mol. The minimum atomic E-state index is -1.16. The van der Waals surface area contributed by atoms with Gasteiger partial charge in [0.2, 0.25) is 5.91 Å². The van der Waals surface area contributed by atoms with Gasteiger partial charge in [0.05, 0.1) is 6.07 Å². The van der Waals surface area contributed by atoms with Crippen molar-refractivity contribution in [2.75, 3.05) is 12.3 Å². The van der Waals surface area contributed by atoms with Crippen LogP contribution in [0.4, 0.5) is 4.79 Å². The summed E-state index contributed by atoms with van der Waals surface area (Å²) in [6, 6.07) is 17.3. The summed E-state index contributed by atoms with van der Waals surface area (Å²) in [5, 5.41) is 24.8. The van der Waals surface area contributed by atoms with Crippen molar-refractivity contribution in [2.45, 2.75) is 18.3 Å². The molecular weight excluding hydrogens is 404 g/mol. The number of amides is 3. The van der Waals surface area contributed by atoms with Crippen molar-refractivity contribution < 1.29 is 19.5 Å². The van der Waals surface area contributed by atoms with Crippen LogP contribution >= 0.6 is 11.8 Å². The zero-order chi connectivity index (χ0) is 21.8. The monoisotopic (exact) mass is 426 g/mol. The summed E-state index contributed by atoms with van der Waals surface area (Å²) in [4.78, 5) is 35.7. The minimum absolute atomic E-state index is 0.0649. The molecule has 1 unspecified atom stereocenters. The number of nitriles is 1. The van der Waals surface area contributed by atoms with Crippen LogP contribution in [-0.2, 0) is 17.1 Å². The molecule has 0 saturated heterocycles. The maximum absolute atomic E-state index is 12.7. The van der Waals surface area contributed by atoms with E-state index in [1.54, 1.807) is 24.3 Å². The molecule has 0 aliphatic heterocycles. The van der Waals surface area contributed by atoms with Crippen LogP contribution in [0.5, 0.6) is 0 Å². The first kappa shape index (κ1) is 22.8. The molecule has 0 heterocycles. The van der Waals surface area contributed by atoms with Crippen LogP contribution in [0.1, 0.15) is 21.5 Å². The van der Waals surface area contributed by atoms with Crippen LogP contribution in [0, 0.1) is 11.3 Å². The Morgan fingerprint density at radius 3 is 2.47 bits per heavy atom. The third-order valence-electron chi connectivity index (χ3n) is 3.99. The lowest BCUT2D eigenvalue weighted by atomic mass is 10.1. The quantitative estimate of drug-likeness (QED) is 0.431. The van der Waals surface area contributed by atoms with E-state index in [0.717, 1.165) is 5.56 Å². The van der Waals surface area contributed by atoms with Crippen molar-refractivity contribution in [3.8, 4) is 6.07 Å². The van der Waals surface area contributed by atoms with Gasteiger partial charge in [-0.2, -0.15) is 17.0 Å². The van der Waals surface area contributed by atoms with Crippen molar-refractivity contribution in [2.24, 2.45) is 0 Å². The Morgan fingerprint density at radius 2 is 1.77 bits per heavy atom. The summed E-state index contributed by atoms with van der Waals surface area (Å²) < 4.78 is 0. The Kier molecular flexibility index (Phi) is 9.21. The predicted molar refractivity (Wildman–Crippen MR) is 114 cm³/mol. The number of carbonyl (C=O) groups excluding carboxylic acids is 2. The Balaban J connectivity index is 2.01. The van der Waals surface area contributed by atoms with E-state index < -0.39 is 23.9 Å². The molecule has 1 atom stereocenters. The number of rotatable bonds is 10. The highest BCUT2D eigenvalue weighted by Crippen LogP contribution is 2.14. The maximum atomic E-state index is 12.7. The van der Waals surface area contributed by atoms with Crippen LogP contribution in [0.2, 0.25) is 0 Å². The second-order valence-electron chi connectivity index (χ2n) is 6.26. The highest BCUT2D eigenvalue weighted by atomic mass is 32.2. The van der Waals surface area contributed by atoms with Gasteiger partial charge in [0.1, 0.15) is 12.6 Å². The fraction of sp³-hybridized carbons (Fsp3) is 0.238. The summed E-state index contributed by atoms with van der Waals surface area (Å²) in [7, 11) is 0. The molecule has 4 N–H and O–H groups in total. The summed E-state index contributed by atoms with van der Waals surface area (Å²) in [6.07, 6.45) is -1.16. The minimum Gasteiger partial charge on any atom is -0.465 e. The SMILES string of the molecule is N#CCNC(=O)C(CSCc1ccccc1)NC(=O)c1cccc(CNC(=O)O)c1. The smallest absolute Gasteiger partial charge is 0.404 e. The van der Waals surface area contributed by atoms with Gasteiger partial charge >= 0.3 is 6.09 Å². The van der Waals surface area contributed by atoms with E-state index in [9.17, 15) is 14.4 Å². The number of nitrogens with zero attached hydrogens (tertiary/aromatic N) is 1. The Bertz CT molecular complexity index is 915. The summed E-state index contributed by atoms with van der Waals surface area (Å²) in [5.74, 6) is 0.117. The summed E-state index contributed by atoms with van der Waals surface area (Å²) in [5.41, 5.74) is 2.03. The van der Waals surface area contributed by atoms with Gasteiger partial charge in [-0.1, -0.05) is 42.5 Å². The van der Waals surface area contributed by atoms with E-state index in [-0.39, 0.29) is 13.1 Å². The molecule has 0 bridgehead atoms. The van der Waals surface area contributed by atoms with Crippen molar-refractivity contribution in [3.63, 3.8) is 0 Å². The number of carbonyl (C=O) groups is 3. The van der Waals surface area contributed by atoms with Gasteiger partial charge in [-0.25, -0.2) is 4.79 Å². The molecule has 2 aromatic carbocycles. The zero-order valence-electron chi connectivity index (χ0n) is 16.1. The van der Waals surface area contributed by atoms with E-state index in [0.29, 0.717) is 22.6 Å². The predicted octanol–water partition coefficient (Wildman–Crippen LogP) is 2.13. The van der Waals surface area contributed by atoms with Gasteiger partial charge in [0.15, 0.2) is 0 Å². The van der Waals surface area contributed by atoms with Gasteiger partial charge in [0, 0.05) is 23.6 Å². The molecule has 0 aliphatic carbocycles. The van der Waals surface area contributed by atoms with Crippen molar-refractivity contribution in [3.05, 3.63) is 71.3 Å². The lowest BCUT2D eigenvalue weighted by molar-refractivity contribution is -0.122. The van der Waals surface area contributed by atoms with E-state index >= 15 is 0 Å². The molecule has 8 nitrogen and oxygen atoms in total. The topological polar surface area (TPSA) is 131 Å². The van der Waals surface area contributed by atoms with E-state index in [1.165, 1.54) is 11.8 Å². The van der Waals surface area contributed by atoms with E-state index in [1.807, 2.05) is 36.4 Å². The lowest BCUT2D eigenvalue weighted by Gasteiger charge is -2.18. The number of thioether (sulfide) groups is 1. The maximum Gasteiger partial charge on any atom is 0.404 e. The molecule has 0 radical (unpaired) electrons. The number of nitrogens with one attached hydrogen (secondary N) is 3. The number of benzene rings is 2. The van der Waals surface area contributed by atoms with E-state index in [4.69, 9.17) is 10.4 Å². The third-order valence-corrected chi connectivity index (χ3v) is 5.10. The number of hydrogen-bond acceptors (Lipinski definition) is 5. The number of hydrogen-bond donors (Lipinski definition) is 4. The van der Waals surface area contributed by atoms with Gasteiger partial charge in [-0.05, 0) is 23.3 Å². The second-order valence-corrected chi connectivity index (χ2v) is 7.29. The largest absolute Gasteiger partial charge is 0.465 e. The van der Waals surface area contributed by atoms with Gasteiger partial charge in [-0.3, -0.25) is 9.59 Å². The summed E-state index contributed by atoms with van der Waals surface area (Å²) >= 11 is 1.49. The Morgan fingerprint density at radius 1 is 1.03 bits per heavy atom. The Hall–Kier alpha value is -3.51. The van der Waals surface area contributed by atoms with Crippen molar-refractivity contribution in [1.29, 1.82) is 5.26 Å². The van der Waals surface area contributed by atoms with Gasteiger partial charge in [-0.15, -0.1) is 0 Å². The fourth-order valence-electron chi connectivity index (χ4n) is 2.54. The molecule has 0 spiro atoms. The molecular formula is C21H22N4O4S. The molecule has 2 rings (SSSR count). The Labute approximate surface area is 178 Å². The molecule has 3 amide bonds. The van der Waals surface area contributed by atoms with Gasteiger partial charge in [0.25, 0.3) is 5.91 Å². The zero-order valence-corrected chi connectivity index (χ0v) is 16.9. The van der Waals surface area contributed by atoms with Crippen LogP contribution in [0.3, 0.4) is 0 Å². The molecule has 2 aromatic rings. The molecule has 0 aromatic heterocycles. The standard InChI is InChI=1S/C21H22N4O4S/c22-9-10-23-20(27)18(14-30-13-15-5-2-1-3-6-15)25-19(26)17-8-4-7-16(11-17)12-24-21(28)29/h1-8,11,18,24H,10,12-14H2,(H,23,27)(H,25,26)(H,28,29). The fourth-order valence-corrected chi connectivity index (χ4v) is 3.56. The molecule has 156 valence electrons. The van der Waals surface area contributed by atoms with Crippen LogP contribution in [-0.4, -0.2) is 41.4 Å². The second kappa shape index (κ2) is 12.1. The highest BCUT2D eigenvalue weighted by Gasteiger charge is 2.21. The molecule has 30 heavy (non-hydrogen) atoms. The molecule has 9 heteroatoms. The first-order chi connectivity index (χ1) is 14.5. The van der Waals surface area contributed by atoms with E-state index in [2.05, 4.69) is 16.0 Å². The molecule has 0 saturated carbocycles. The molecule has 0 aliphatic rings. The molecule has 0 fully saturated rings. The first-order valence-electron chi connectivity index (χ1n) is 9.12. The normalized spacial score (nSPS) is 11.0. The van der Waals surface area contributed by atoms with Crippen LogP contribution in [0.15, 0.2) is 54.6 Å². The first-order valence-corrected chi connectivity index (χ1v) is 10.3. The van der Waals surface area contributed by atoms with Crippen LogP contribution in [0.25, 0.3) is 0 Å². The van der Waals surface area contributed by atoms with Crippen molar-refractivity contribution >= 4 is 29.7 Å². The number of carboxylic acid groups (broad SMARTS) is 1. The lowest BCUT2D eigenvalue weighted by Crippen LogP contribution is -2.48. The average Bonchev–Trinajstić information content (AvgIpc) is 2.76. The van der Waals surface area contributed by atoms with Crippen LogP contribution < -0.4 is 16.0 Å². The van der Waals surface area contributed by atoms with Crippen molar-refractivity contribution in [1.82, 2.24) is 16.0 Å². The highest BCUT2D eigenvalue weighted by molar-refractivity contribution is 7.98. The van der Waals surface area contributed by atoms with Gasteiger partial charge < -0.3 is 21.1 Å². The summed E-state index contributed by atoms with van der Waals surface area (Å²) in [6.45, 7) is -0.0830. The third kappa shape index (κ3) is 7.85.